The molecule has 2 aromatic carbocycles. The van der Waals surface area contributed by atoms with E-state index in [0.29, 0.717) is 6.61 Å². The van der Waals surface area contributed by atoms with Crippen molar-refractivity contribution in [2.45, 2.75) is 26.9 Å². The highest BCUT2D eigenvalue weighted by Crippen LogP contribution is 2.37. The minimum absolute atomic E-state index is 0.220. The van der Waals surface area contributed by atoms with Crippen LogP contribution < -0.4 is 4.74 Å². The highest BCUT2D eigenvalue weighted by molar-refractivity contribution is 6.04. The lowest BCUT2D eigenvalue weighted by atomic mass is 9.89. The maximum Gasteiger partial charge on any atom is 0.169 e. The fourth-order valence-electron chi connectivity index (χ4n) is 2.67. The maximum absolute atomic E-state index is 12.3. The van der Waals surface area contributed by atoms with Gasteiger partial charge in [-0.2, -0.15) is 0 Å². The Hall–Kier alpha value is -2.09. The lowest BCUT2D eigenvalue weighted by Crippen LogP contribution is -2.18. The van der Waals surface area contributed by atoms with E-state index in [2.05, 4.69) is 0 Å². The van der Waals surface area contributed by atoms with Crippen LogP contribution in [0.25, 0.3) is 0 Å². The Morgan fingerprint density at radius 3 is 2.60 bits per heavy atom. The molecule has 1 aliphatic carbocycles. The molecule has 0 saturated carbocycles. The number of carbonyl (C=O) groups excluding carboxylic acids is 1. The summed E-state index contributed by atoms with van der Waals surface area (Å²) in [4.78, 5) is 12.3. The molecule has 1 aliphatic rings. The summed E-state index contributed by atoms with van der Waals surface area (Å²) < 4.78 is 5.78. The van der Waals surface area contributed by atoms with Crippen LogP contribution in [-0.4, -0.2) is 5.78 Å². The smallest absolute Gasteiger partial charge is 0.169 e. The van der Waals surface area contributed by atoms with Gasteiger partial charge in [0, 0.05) is 11.0 Å². The first-order valence-electron chi connectivity index (χ1n) is 6.91. The zero-order chi connectivity index (χ0) is 14.2. The summed E-state index contributed by atoms with van der Waals surface area (Å²) in [7, 11) is 0. The summed E-state index contributed by atoms with van der Waals surface area (Å²) >= 11 is 0. The van der Waals surface area contributed by atoms with Gasteiger partial charge in [-0.25, -0.2) is 0 Å². The zero-order valence-corrected chi connectivity index (χ0v) is 11.8. The zero-order valence-electron chi connectivity index (χ0n) is 11.8. The third-order valence-electron chi connectivity index (χ3n) is 3.82. The van der Waals surface area contributed by atoms with Crippen LogP contribution in [0.3, 0.4) is 0 Å². The van der Waals surface area contributed by atoms with Crippen molar-refractivity contribution in [3.63, 3.8) is 0 Å². The number of Topliss-reactive ketones (excluding diaryl/α,β-unsaturated/α-hetero) is 1. The summed E-state index contributed by atoms with van der Waals surface area (Å²) in [6, 6.07) is 15.9. The number of hydrogen-bond acceptors (Lipinski definition) is 2. The second kappa shape index (κ2) is 4.78. The summed E-state index contributed by atoms with van der Waals surface area (Å²) in [5.41, 5.74) is 2.80. The van der Waals surface area contributed by atoms with Gasteiger partial charge in [-0.05, 0) is 29.7 Å². The third kappa shape index (κ3) is 2.34. The number of ketones is 1. The molecular weight excluding hydrogens is 248 g/mol. The molecule has 0 N–H and O–H groups in total. The first-order chi connectivity index (χ1) is 9.56. The van der Waals surface area contributed by atoms with Crippen molar-refractivity contribution in [1.29, 1.82) is 0 Å². The van der Waals surface area contributed by atoms with E-state index in [-0.39, 0.29) is 11.2 Å². The largest absolute Gasteiger partial charge is 0.489 e. The van der Waals surface area contributed by atoms with Crippen molar-refractivity contribution in [2.24, 2.45) is 5.41 Å². The van der Waals surface area contributed by atoms with E-state index >= 15 is 0 Å². The van der Waals surface area contributed by atoms with E-state index < -0.39 is 0 Å². The van der Waals surface area contributed by atoms with Crippen LogP contribution in [0.5, 0.6) is 5.75 Å². The molecule has 0 fully saturated rings. The number of ether oxygens (including phenoxy) is 1. The quantitative estimate of drug-likeness (QED) is 0.838. The first kappa shape index (κ1) is 12.9. The summed E-state index contributed by atoms with van der Waals surface area (Å²) in [5.74, 6) is 0.983. The predicted octanol–water partition coefficient (Wildman–Crippen LogP) is 4.03. The summed E-state index contributed by atoms with van der Waals surface area (Å²) in [6.45, 7) is 4.52. The van der Waals surface area contributed by atoms with E-state index in [0.717, 1.165) is 28.9 Å². The molecular formula is C18H18O2. The van der Waals surface area contributed by atoms with Crippen LogP contribution in [0.15, 0.2) is 48.5 Å². The second-order valence-electron chi connectivity index (χ2n) is 5.98. The maximum atomic E-state index is 12.3. The van der Waals surface area contributed by atoms with Crippen LogP contribution >= 0.6 is 0 Å². The monoisotopic (exact) mass is 266 g/mol. The molecule has 0 heterocycles. The molecule has 0 amide bonds. The molecule has 0 saturated heterocycles. The Bertz CT molecular complexity index is 642. The summed E-state index contributed by atoms with van der Waals surface area (Å²) in [5, 5.41) is 0. The van der Waals surface area contributed by atoms with Gasteiger partial charge in [-0.1, -0.05) is 50.2 Å². The van der Waals surface area contributed by atoms with Gasteiger partial charge in [0.15, 0.2) is 5.78 Å². The minimum Gasteiger partial charge on any atom is -0.489 e. The first-order valence-corrected chi connectivity index (χ1v) is 6.91. The normalized spacial score (nSPS) is 16.0. The molecule has 0 bridgehead atoms. The Kier molecular flexibility index (Phi) is 3.09. The molecule has 0 aliphatic heterocycles. The van der Waals surface area contributed by atoms with E-state index in [1.807, 2.05) is 62.4 Å². The Labute approximate surface area is 119 Å². The third-order valence-corrected chi connectivity index (χ3v) is 3.82. The fraction of sp³-hybridized carbons (Fsp3) is 0.278. The van der Waals surface area contributed by atoms with Crippen molar-refractivity contribution in [3.05, 3.63) is 65.2 Å². The van der Waals surface area contributed by atoms with Crippen LogP contribution in [0.1, 0.15) is 35.3 Å². The average molecular weight is 266 g/mol. The SMILES string of the molecule is CC1(C)Cc2ccc(OCc3ccccc3)cc2C1=O. The van der Waals surface area contributed by atoms with Crippen molar-refractivity contribution in [2.75, 3.05) is 0 Å². The van der Waals surface area contributed by atoms with Crippen molar-refractivity contribution < 1.29 is 9.53 Å². The highest BCUT2D eigenvalue weighted by Gasteiger charge is 2.37. The van der Waals surface area contributed by atoms with E-state index in [1.165, 1.54) is 0 Å². The summed E-state index contributed by atoms with van der Waals surface area (Å²) in [6.07, 6.45) is 0.820. The second-order valence-corrected chi connectivity index (χ2v) is 5.98. The number of carbonyl (C=O) groups is 1. The molecule has 2 nitrogen and oxygen atoms in total. The number of benzene rings is 2. The Morgan fingerprint density at radius 1 is 1.10 bits per heavy atom. The van der Waals surface area contributed by atoms with Gasteiger partial charge in [0.25, 0.3) is 0 Å². The minimum atomic E-state index is -0.277. The van der Waals surface area contributed by atoms with Gasteiger partial charge < -0.3 is 4.74 Å². The van der Waals surface area contributed by atoms with Gasteiger partial charge in [0.05, 0.1) is 0 Å². The van der Waals surface area contributed by atoms with Crippen LogP contribution in [-0.2, 0) is 13.0 Å². The van der Waals surface area contributed by atoms with Gasteiger partial charge in [-0.15, -0.1) is 0 Å². The van der Waals surface area contributed by atoms with Crippen molar-refractivity contribution in [3.8, 4) is 5.75 Å². The highest BCUT2D eigenvalue weighted by atomic mass is 16.5. The van der Waals surface area contributed by atoms with Crippen LogP contribution in [0, 0.1) is 5.41 Å². The lowest BCUT2D eigenvalue weighted by Gasteiger charge is -2.13. The molecule has 2 heteroatoms. The molecule has 102 valence electrons. The molecule has 0 aromatic heterocycles. The van der Waals surface area contributed by atoms with Crippen LogP contribution in [0.2, 0.25) is 0 Å². The predicted molar refractivity (Wildman–Crippen MR) is 79.0 cm³/mol. The van der Waals surface area contributed by atoms with E-state index in [4.69, 9.17) is 4.74 Å². The van der Waals surface area contributed by atoms with Crippen LogP contribution in [0.4, 0.5) is 0 Å². The Morgan fingerprint density at radius 2 is 1.85 bits per heavy atom. The number of hydrogen-bond donors (Lipinski definition) is 0. The molecule has 0 radical (unpaired) electrons. The average Bonchev–Trinajstić information content (AvgIpc) is 2.68. The molecule has 0 spiro atoms. The van der Waals surface area contributed by atoms with Crippen molar-refractivity contribution in [1.82, 2.24) is 0 Å². The topological polar surface area (TPSA) is 26.3 Å². The standard InChI is InChI=1S/C18H18O2/c1-18(2)11-14-8-9-15(10-16(14)17(18)19)20-12-13-6-4-3-5-7-13/h3-10H,11-12H2,1-2H3. The molecule has 20 heavy (non-hydrogen) atoms. The Balaban J connectivity index is 1.78. The van der Waals surface area contributed by atoms with Gasteiger partial charge in [0.2, 0.25) is 0 Å². The van der Waals surface area contributed by atoms with Gasteiger partial charge >= 0.3 is 0 Å². The number of rotatable bonds is 3. The number of fused-ring (bicyclic) bond motifs is 1. The van der Waals surface area contributed by atoms with E-state index in [1.54, 1.807) is 0 Å². The van der Waals surface area contributed by atoms with Gasteiger partial charge in [-0.3, -0.25) is 4.79 Å². The molecule has 0 unspecified atom stereocenters. The van der Waals surface area contributed by atoms with Crippen molar-refractivity contribution >= 4 is 5.78 Å². The lowest BCUT2D eigenvalue weighted by molar-refractivity contribution is 0.0863. The molecule has 2 aromatic rings. The fourth-order valence-corrected chi connectivity index (χ4v) is 2.67. The van der Waals surface area contributed by atoms with E-state index in [9.17, 15) is 4.79 Å². The molecule has 3 rings (SSSR count). The van der Waals surface area contributed by atoms with Gasteiger partial charge in [0.1, 0.15) is 12.4 Å². The molecule has 0 atom stereocenters.